The molecule has 1 aromatic carbocycles. The zero-order chi connectivity index (χ0) is 17.9. The van der Waals surface area contributed by atoms with Crippen LogP contribution >= 0.6 is 24.0 Å². The highest BCUT2D eigenvalue weighted by molar-refractivity contribution is 14.0. The van der Waals surface area contributed by atoms with Crippen molar-refractivity contribution in [3.8, 4) is 0 Å². The van der Waals surface area contributed by atoms with Crippen molar-refractivity contribution < 1.29 is 4.79 Å². The average Bonchev–Trinajstić information content (AvgIpc) is 2.60. The summed E-state index contributed by atoms with van der Waals surface area (Å²) in [7, 11) is 3.85. The van der Waals surface area contributed by atoms with Gasteiger partial charge in [0.15, 0.2) is 5.96 Å². The van der Waals surface area contributed by atoms with Gasteiger partial charge in [-0.3, -0.25) is 9.79 Å². The summed E-state index contributed by atoms with van der Waals surface area (Å²) in [5.41, 5.74) is 1.82. The molecule has 1 rings (SSSR count). The number of carbonyl (C=O) groups is 1. The number of hydrogen-bond donors (Lipinski definition) is 2. The van der Waals surface area contributed by atoms with Crippen LogP contribution in [0, 0.1) is 0 Å². The number of unbranched alkanes of at least 4 members (excludes halogenated alkanes) is 1. The second-order valence-electron chi connectivity index (χ2n) is 6.16. The molecule has 0 aliphatic rings. The first kappa shape index (κ1) is 23.7. The summed E-state index contributed by atoms with van der Waals surface area (Å²) in [6.45, 7) is 7.94. The minimum Gasteiger partial charge on any atom is -0.352 e. The monoisotopic (exact) mass is 460 g/mol. The van der Waals surface area contributed by atoms with E-state index in [9.17, 15) is 4.79 Å². The minimum atomic E-state index is -0.0148. The van der Waals surface area contributed by atoms with E-state index in [0.29, 0.717) is 12.1 Å². The Kier molecular flexibility index (Phi) is 12.3. The Morgan fingerprint density at radius 2 is 1.88 bits per heavy atom. The summed E-state index contributed by atoms with van der Waals surface area (Å²) in [5.74, 6) is 0.876. The maximum absolute atomic E-state index is 12.1. The summed E-state index contributed by atoms with van der Waals surface area (Å²) in [6.07, 6.45) is 3.25. The molecule has 1 unspecified atom stereocenters. The third-order valence-corrected chi connectivity index (χ3v) is 4.08. The number of aliphatic imine (C=N–C) groups is 1. The van der Waals surface area contributed by atoms with Crippen molar-refractivity contribution in [2.45, 2.75) is 52.6 Å². The number of carbonyl (C=O) groups excluding carboxylic acids is 1. The number of amides is 1. The van der Waals surface area contributed by atoms with Gasteiger partial charge in [-0.1, -0.05) is 32.4 Å². The van der Waals surface area contributed by atoms with E-state index in [0.717, 1.165) is 30.9 Å². The van der Waals surface area contributed by atoms with Gasteiger partial charge in [-0.25, -0.2) is 0 Å². The molecular weight excluding hydrogens is 427 g/mol. The summed E-state index contributed by atoms with van der Waals surface area (Å²) in [4.78, 5) is 18.5. The first-order chi connectivity index (χ1) is 11.5. The van der Waals surface area contributed by atoms with Crippen molar-refractivity contribution in [1.82, 2.24) is 15.5 Å². The number of halogens is 1. The van der Waals surface area contributed by atoms with Crippen LogP contribution in [0.15, 0.2) is 29.3 Å². The maximum Gasteiger partial charge on any atom is 0.251 e. The molecule has 2 N–H and O–H groups in total. The molecule has 0 heterocycles. The molecule has 0 radical (unpaired) electrons. The molecule has 25 heavy (non-hydrogen) atoms. The van der Waals surface area contributed by atoms with Crippen LogP contribution in [0.1, 0.15) is 56.0 Å². The molecule has 5 nitrogen and oxygen atoms in total. The van der Waals surface area contributed by atoms with Crippen molar-refractivity contribution in [2.75, 3.05) is 20.6 Å². The Bertz CT molecular complexity index is 531. The first-order valence-corrected chi connectivity index (χ1v) is 8.83. The van der Waals surface area contributed by atoms with Gasteiger partial charge in [-0.05, 0) is 37.5 Å². The smallest absolute Gasteiger partial charge is 0.251 e. The fourth-order valence-corrected chi connectivity index (χ4v) is 2.25. The van der Waals surface area contributed by atoms with Crippen LogP contribution in [0.2, 0.25) is 0 Å². The van der Waals surface area contributed by atoms with E-state index in [1.807, 2.05) is 38.2 Å². The normalized spacial score (nSPS) is 12.1. The molecular formula is C19H33IN4O. The largest absolute Gasteiger partial charge is 0.352 e. The van der Waals surface area contributed by atoms with E-state index >= 15 is 0 Å². The summed E-state index contributed by atoms with van der Waals surface area (Å²) in [6, 6.07) is 7.91. The zero-order valence-electron chi connectivity index (χ0n) is 16.1. The van der Waals surface area contributed by atoms with Gasteiger partial charge < -0.3 is 15.5 Å². The van der Waals surface area contributed by atoms with Crippen LogP contribution in [0.25, 0.3) is 0 Å². The van der Waals surface area contributed by atoms with Gasteiger partial charge >= 0.3 is 0 Å². The molecule has 1 atom stereocenters. The molecule has 1 aromatic rings. The molecule has 0 aliphatic carbocycles. The average molecular weight is 460 g/mol. The van der Waals surface area contributed by atoms with Crippen LogP contribution in [0.4, 0.5) is 0 Å². The number of rotatable bonds is 8. The maximum atomic E-state index is 12.1. The van der Waals surface area contributed by atoms with Crippen molar-refractivity contribution in [3.63, 3.8) is 0 Å². The third-order valence-electron chi connectivity index (χ3n) is 4.08. The van der Waals surface area contributed by atoms with E-state index in [2.05, 4.69) is 34.4 Å². The SMILES string of the molecule is CCCCN(C)C(=NC)NCc1ccc(C(=O)NC(C)CC)cc1.I. The van der Waals surface area contributed by atoms with Crippen molar-refractivity contribution in [3.05, 3.63) is 35.4 Å². The molecule has 0 saturated carbocycles. The van der Waals surface area contributed by atoms with Gasteiger partial charge in [0.1, 0.15) is 0 Å². The molecule has 0 bridgehead atoms. The molecule has 0 fully saturated rings. The van der Waals surface area contributed by atoms with E-state index < -0.39 is 0 Å². The lowest BCUT2D eigenvalue weighted by atomic mass is 10.1. The molecule has 6 heteroatoms. The van der Waals surface area contributed by atoms with Gasteiger partial charge in [-0.2, -0.15) is 0 Å². The van der Waals surface area contributed by atoms with Gasteiger partial charge in [-0.15, -0.1) is 24.0 Å². The summed E-state index contributed by atoms with van der Waals surface area (Å²) < 4.78 is 0. The number of guanidine groups is 1. The standard InChI is InChI=1S/C19H32N4O.HI/c1-6-8-13-23(5)19(20-4)21-14-16-9-11-17(12-10-16)18(24)22-15(3)7-2;/h9-12,15H,6-8,13-14H2,1-5H3,(H,20,21)(H,22,24);1H. The lowest BCUT2D eigenvalue weighted by Gasteiger charge is -2.21. The van der Waals surface area contributed by atoms with Gasteiger partial charge in [0.2, 0.25) is 0 Å². The summed E-state index contributed by atoms with van der Waals surface area (Å²) >= 11 is 0. The summed E-state index contributed by atoms with van der Waals surface area (Å²) in [5, 5.41) is 6.34. The van der Waals surface area contributed by atoms with Gasteiger partial charge in [0.25, 0.3) is 5.91 Å². The highest BCUT2D eigenvalue weighted by Gasteiger charge is 2.09. The van der Waals surface area contributed by atoms with Crippen LogP contribution in [-0.2, 0) is 6.54 Å². The van der Waals surface area contributed by atoms with Crippen LogP contribution in [0.3, 0.4) is 0 Å². The van der Waals surface area contributed by atoms with Gasteiger partial charge in [0, 0.05) is 38.8 Å². The molecule has 0 saturated heterocycles. The number of nitrogens with zero attached hydrogens (tertiary/aromatic N) is 2. The Morgan fingerprint density at radius 1 is 1.24 bits per heavy atom. The molecule has 0 spiro atoms. The second kappa shape index (κ2) is 13.0. The van der Waals surface area contributed by atoms with E-state index in [-0.39, 0.29) is 35.9 Å². The van der Waals surface area contributed by atoms with E-state index in [4.69, 9.17) is 0 Å². The third kappa shape index (κ3) is 8.56. The Morgan fingerprint density at radius 3 is 2.40 bits per heavy atom. The number of nitrogens with one attached hydrogen (secondary N) is 2. The predicted molar refractivity (Wildman–Crippen MR) is 117 cm³/mol. The van der Waals surface area contributed by atoms with Crippen LogP contribution in [0.5, 0.6) is 0 Å². The fourth-order valence-electron chi connectivity index (χ4n) is 2.25. The Hall–Kier alpha value is -1.31. The van der Waals surface area contributed by atoms with Crippen molar-refractivity contribution in [2.24, 2.45) is 4.99 Å². The molecule has 0 aliphatic heterocycles. The Balaban J connectivity index is 0.00000576. The highest BCUT2D eigenvalue weighted by atomic mass is 127. The molecule has 0 aromatic heterocycles. The number of hydrogen-bond acceptors (Lipinski definition) is 2. The molecule has 142 valence electrons. The zero-order valence-corrected chi connectivity index (χ0v) is 18.5. The van der Waals surface area contributed by atoms with Gasteiger partial charge in [0.05, 0.1) is 0 Å². The predicted octanol–water partition coefficient (Wildman–Crippen LogP) is 3.64. The quantitative estimate of drug-likeness (QED) is 0.354. The van der Waals surface area contributed by atoms with Crippen molar-refractivity contribution >= 4 is 35.8 Å². The Labute approximate surface area is 169 Å². The highest BCUT2D eigenvalue weighted by Crippen LogP contribution is 2.06. The lowest BCUT2D eigenvalue weighted by Crippen LogP contribution is -2.38. The second-order valence-corrected chi connectivity index (χ2v) is 6.16. The molecule has 1 amide bonds. The van der Waals surface area contributed by atoms with Crippen LogP contribution < -0.4 is 10.6 Å². The van der Waals surface area contributed by atoms with Crippen molar-refractivity contribution in [1.29, 1.82) is 0 Å². The number of benzene rings is 1. The minimum absolute atomic E-state index is 0. The first-order valence-electron chi connectivity index (χ1n) is 8.83. The fraction of sp³-hybridized carbons (Fsp3) is 0.579. The van der Waals surface area contributed by atoms with Crippen LogP contribution in [-0.4, -0.2) is 43.4 Å². The topological polar surface area (TPSA) is 56.7 Å². The van der Waals surface area contributed by atoms with E-state index in [1.165, 1.54) is 6.42 Å². The lowest BCUT2D eigenvalue weighted by molar-refractivity contribution is 0.0939. The van der Waals surface area contributed by atoms with E-state index in [1.54, 1.807) is 7.05 Å².